The molecule has 29 N–H and O–H groups in total. The van der Waals surface area contributed by atoms with Gasteiger partial charge < -0.3 is 230 Å². The van der Waals surface area contributed by atoms with Gasteiger partial charge in [0.2, 0.25) is 29.5 Å². The van der Waals surface area contributed by atoms with Crippen molar-refractivity contribution < 1.29 is 227 Å². The summed E-state index contributed by atoms with van der Waals surface area (Å²) in [5.74, 6) is -4.43. The van der Waals surface area contributed by atoms with Gasteiger partial charge >= 0.3 is 0 Å². The van der Waals surface area contributed by atoms with Crippen molar-refractivity contribution in [2.45, 2.75) is 311 Å². The quantitative estimate of drug-likeness (QED) is 0.0318. The van der Waals surface area contributed by atoms with Crippen LogP contribution in [0.1, 0.15) is 34.6 Å². The Balaban J connectivity index is 1.11. The summed E-state index contributed by atoms with van der Waals surface area (Å²) < 4.78 is 102. The zero-order chi connectivity index (χ0) is 84.8. The molecule has 0 aromatic heterocycles. The fraction of sp³-hybridized carbons (Fsp3) is 0.922. The number of ether oxygens (including phenoxy) is 17. The fourth-order valence-electron chi connectivity index (χ4n) is 14.9. The first-order valence-corrected chi connectivity index (χ1v) is 36.6. The number of carbonyl (C=O) groups is 5. The third-order valence-electron chi connectivity index (χ3n) is 20.8. The number of amides is 5. The van der Waals surface area contributed by atoms with E-state index in [2.05, 4.69) is 26.6 Å². The van der Waals surface area contributed by atoms with E-state index in [0.717, 1.165) is 34.6 Å². The van der Waals surface area contributed by atoms with Crippen LogP contribution in [0.2, 0.25) is 0 Å². The number of carbonyl (C=O) groups excluding carboxylic acids is 5. The minimum Gasteiger partial charge on any atom is -0.394 e. The fourth-order valence-corrected chi connectivity index (χ4v) is 14.9. The summed E-state index contributed by atoms with van der Waals surface area (Å²) >= 11 is 0. The number of hydrogen-bond donors (Lipinski definition) is 29. The Kier molecular flexibility index (Phi) is 34.1. The zero-order valence-electron chi connectivity index (χ0n) is 62.1. The molecule has 0 saturated carbocycles. The molecule has 664 valence electrons. The Labute approximate surface area is 651 Å². The molecule has 0 aromatic carbocycles. The average Bonchev–Trinajstić information content (AvgIpc) is 0.742. The molecule has 115 heavy (non-hydrogen) atoms. The van der Waals surface area contributed by atoms with Crippen molar-refractivity contribution in [3.05, 3.63) is 0 Å². The molecule has 9 saturated heterocycles. The molecule has 0 bridgehead atoms. The number of hydrogen-bond acceptors (Lipinski definition) is 46. The molecule has 0 unspecified atom stereocenters. The smallest absolute Gasteiger partial charge is 0.217 e. The van der Waals surface area contributed by atoms with E-state index >= 15 is 0 Å². The van der Waals surface area contributed by atoms with Crippen LogP contribution >= 0.6 is 0 Å². The summed E-state index contributed by atoms with van der Waals surface area (Å²) in [6.45, 7) is -5.32. The highest BCUT2D eigenvalue weighted by Gasteiger charge is 2.62. The summed E-state index contributed by atoms with van der Waals surface area (Å²) in [7, 11) is 0. The molecule has 0 spiro atoms. The topological polar surface area (TPSA) is 788 Å². The Bertz CT molecular complexity index is 3100. The Morgan fingerprint density at radius 1 is 0.226 bits per heavy atom. The molecule has 9 aliphatic rings. The first-order valence-electron chi connectivity index (χ1n) is 36.6. The van der Waals surface area contributed by atoms with Crippen LogP contribution in [-0.4, -0.2) is 488 Å². The van der Waals surface area contributed by atoms with Crippen molar-refractivity contribution in [1.29, 1.82) is 0 Å². The van der Waals surface area contributed by atoms with Gasteiger partial charge in [0, 0.05) is 34.6 Å². The second kappa shape index (κ2) is 41.5. The Morgan fingerprint density at radius 2 is 0.496 bits per heavy atom. The highest BCUT2D eigenvalue weighted by Crippen LogP contribution is 2.41. The Hall–Kier alpha value is -4.29. The van der Waals surface area contributed by atoms with Gasteiger partial charge in [0.05, 0.1) is 59.5 Å². The Morgan fingerprint density at radius 3 is 0.913 bits per heavy atom. The van der Waals surface area contributed by atoms with E-state index in [-0.39, 0.29) is 0 Å². The van der Waals surface area contributed by atoms with E-state index in [9.17, 15) is 147 Å². The summed E-state index contributed by atoms with van der Waals surface area (Å²) in [4.78, 5) is 63.2. The van der Waals surface area contributed by atoms with Crippen LogP contribution in [0, 0.1) is 0 Å². The highest BCUT2D eigenvalue weighted by molar-refractivity contribution is 5.75. The maximum atomic E-state index is 13.1. The van der Waals surface area contributed by atoms with Gasteiger partial charge in [-0.25, -0.2) is 0 Å². The van der Waals surface area contributed by atoms with Gasteiger partial charge in [-0.3, -0.25) is 24.0 Å². The lowest BCUT2D eigenvalue weighted by atomic mass is 9.93. The van der Waals surface area contributed by atoms with Crippen LogP contribution in [0.4, 0.5) is 0 Å². The van der Waals surface area contributed by atoms with E-state index in [4.69, 9.17) is 80.5 Å². The molecular formula is C64H107N5O46. The first-order chi connectivity index (χ1) is 54.4. The van der Waals surface area contributed by atoms with Gasteiger partial charge in [0.25, 0.3) is 0 Å². The van der Waals surface area contributed by atoms with E-state index in [1.54, 1.807) is 0 Å². The van der Waals surface area contributed by atoms with Crippen LogP contribution < -0.4 is 26.6 Å². The maximum Gasteiger partial charge on any atom is 0.217 e. The molecule has 45 atom stereocenters. The van der Waals surface area contributed by atoms with Crippen molar-refractivity contribution in [1.82, 2.24) is 26.6 Å². The van der Waals surface area contributed by atoms with E-state index in [1.807, 2.05) is 0 Å². The van der Waals surface area contributed by atoms with Gasteiger partial charge in [0.1, 0.15) is 219 Å². The second-order valence-corrected chi connectivity index (χ2v) is 28.9. The lowest BCUT2D eigenvalue weighted by molar-refractivity contribution is -0.403. The van der Waals surface area contributed by atoms with Gasteiger partial charge in [-0.1, -0.05) is 0 Å². The molecule has 9 fully saturated rings. The predicted molar refractivity (Wildman–Crippen MR) is 355 cm³/mol. The molecule has 9 aliphatic heterocycles. The van der Waals surface area contributed by atoms with Crippen LogP contribution in [0.5, 0.6) is 0 Å². The lowest BCUT2D eigenvalue weighted by Crippen LogP contribution is -2.71. The average molecular weight is 1680 g/mol. The molecule has 51 heteroatoms. The lowest BCUT2D eigenvalue weighted by Gasteiger charge is -2.52. The van der Waals surface area contributed by atoms with Crippen LogP contribution in [0.3, 0.4) is 0 Å². The van der Waals surface area contributed by atoms with Gasteiger partial charge in [0.15, 0.2) is 56.6 Å². The number of aliphatic hydroxyl groups excluding tert-OH is 24. The van der Waals surface area contributed by atoms with Crippen molar-refractivity contribution in [3.63, 3.8) is 0 Å². The largest absolute Gasteiger partial charge is 0.394 e. The van der Waals surface area contributed by atoms with E-state index < -0.39 is 365 Å². The van der Waals surface area contributed by atoms with E-state index in [1.165, 1.54) is 0 Å². The molecule has 0 aliphatic carbocycles. The molecule has 0 radical (unpaired) electrons. The van der Waals surface area contributed by atoms with Gasteiger partial charge in [-0.15, -0.1) is 0 Å². The standard InChI is InChI=1S/C64H107N5O46/c1-15(78)65-29-42(91)49(24(10-74)100-56(29)98)109-60-33(69-19(5)82)43(92)50(25(11-75)105-60)111-63-47(96)53(113-64-55(115-59-32(68-18(4)81)41(90)36(85)22(8-72)103-59)46(95)51(26(12-76)107-64)110-57-30(66-16(2)79)39(88)34(83)20(6-70)101-57)38(87)28(108-63)14-99-61-48(97)54(114-62-45(94)44(93)37(86)23(9-73)104-62)52(27(13-77)106-61)112-58-31(67-17(3)80)40(89)35(84)21(7-71)102-58/h20-64,70-77,83-98H,6-14H2,1-5H3,(H,65,78)(H,66,79)(H,67,80)(H,68,81)(H,69,82)/t20-,21-,22-,23-,24-,25-,26-,27-,28-,29-,30-,31-,32-,33-,34-,35-,36-,37-,38-,39-,40-,41-,42-,43-,44+,45+,46+,47+,48+,49-,50-,51-,52-,53+,54-,55+,56-,57+,58+,59+,60+,61+,62-,63+,64-/m1/s1. The summed E-state index contributed by atoms with van der Waals surface area (Å²) in [6, 6.07) is -9.08. The van der Waals surface area contributed by atoms with Crippen LogP contribution in [-0.2, 0) is 104 Å². The SMILES string of the molecule is CC(=O)N[C@@H]1[C@@H](O)[C@H](O[C@@H]2O[C@H](CO)[C@@H](O[C@@H]3O[C@H](CO[C@H]4O[C@H](CO)[C@@H](O[C@@H]5O[C@H](CO)[C@@H](O)[C@H](O)[C@H]5NC(C)=O)[C@H](O[C@H]5O[C@H](CO)[C@@H](O)[C@H](O)[C@@H]5O)[C@@H]4O)[C@@H](O)[C@H](O[C@H]4O[C@H](CO)[C@@H](O[C@@H]5O[C@H](CO)[C@@H](O)[C@H](O)[C@H]5NC(C)=O)[C@H](O)[C@@H]4O[C@@H]4O[C@H](CO)[C@@H](O)[C@H](O)[C@H]4NC(C)=O)[C@@H]3O)[C@H](O)[C@H]2NC(C)=O)[C@@H](CO)O[C@H]1O. The summed E-state index contributed by atoms with van der Waals surface area (Å²) in [5.41, 5.74) is 0. The monoisotopic (exact) mass is 1680 g/mol. The molecule has 9 rings (SSSR count). The summed E-state index contributed by atoms with van der Waals surface area (Å²) in [5, 5.41) is 281. The molecule has 5 amide bonds. The molecule has 9 heterocycles. The van der Waals surface area contributed by atoms with Crippen molar-refractivity contribution in [2.75, 3.05) is 59.5 Å². The van der Waals surface area contributed by atoms with Crippen molar-refractivity contribution in [3.8, 4) is 0 Å². The van der Waals surface area contributed by atoms with Crippen molar-refractivity contribution >= 4 is 29.5 Å². The van der Waals surface area contributed by atoms with Gasteiger partial charge in [-0.05, 0) is 0 Å². The molecular weight excluding hydrogens is 1570 g/mol. The second-order valence-electron chi connectivity index (χ2n) is 28.9. The first kappa shape index (κ1) is 94.6. The third-order valence-corrected chi connectivity index (χ3v) is 20.8. The predicted octanol–water partition coefficient (Wildman–Crippen LogP) is -19.9. The van der Waals surface area contributed by atoms with Gasteiger partial charge in [-0.2, -0.15) is 0 Å². The minimum absolute atomic E-state index is 0.797. The zero-order valence-corrected chi connectivity index (χ0v) is 62.1. The highest BCUT2D eigenvalue weighted by atomic mass is 16.8. The number of nitrogens with one attached hydrogen (secondary N) is 5. The van der Waals surface area contributed by atoms with Crippen LogP contribution in [0.25, 0.3) is 0 Å². The third kappa shape index (κ3) is 21.3. The van der Waals surface area contributed by atoms with Crippen molar-refractivity contribution in [2.24, 2.45) is 0 Å². The number of rotatable bonds is 30. The molecule has 0 aromatic rings. The minimum atomic E-state index is -2.63. The maximum absolute atomic E-state index is 13.1. The molecule has 51 nitrogen and oxygen atoms in total. The van der Waals surface area contributed by atoms with Crippen LogP contribution in [0.15, 0.2) is 0 Å². The van der Waals surface area contributed by atoms with E-state index in [0.29, 0.717) is 0 Å². The number of aliphatic hydroxyl groups is 24. The summed E-state index contributed by atoms with van der Waals surface area (Å²) in [6.07, 6.45) is -84.8. The normalized spacial score (nSPS) is 47.9.